The molecular formula is C16H18Cl2N2O. The number of rotatable bonds is 6. The van der Waals surface area contributed by atoms with Gasteiger partial charge in [0.05, 0.1) is 5.02 Å². The summed E-state index contributed by atoms with van der Waals surface area (Å²) in [7, 11) is 0. The van der Waals surface area contributed by atoms with Crippen molar-refractivity contribution < 1.29 is 4.74 Å². The van der Waals surface area contributed by atoms with Gasteiger partial charge in [0.15, 0.2) is 0 Å². The van der Waals surface area contributed by atoms with Crippen LogP contribution in [0.5, 0.6) is 11.6 Å². The predicted octanol–water partition coefficient (Wildman–Crippen LogP) is 4.93. The van der Waals surface area contributed by atoms with E-state index in [9.17, 15) is 0 Å². The Morgan fingerprint density at radius 3 is 2.62 bits per heavy atom. The summed E-state index contributed by atoms with van der Waals surface area (Å²) in [4.78, 5) is 4.28. The summed E-state index contributed by atoms with van der Waals surface area (Å²) in [5.74, 6) is 1.68. The molecule has 2 rings (SSSR count). The second-order valence-electron chi connectivity index (χ2n) is 5.21. The normalized spacial score (nSPS) is 10.9. The second-order valence-corrected chi connectivity index (χ2v) is 6.05. The molecule has 0 aliphatic rings. The fourth-order valence-electron chi connectivity index (χ4n) is 1.75. The molecular weight excluding hydrogens is 307 g/mol. The summed E-state index contributed by atoms with van der Waals surface area (Å²) in [6.07, 6.45) is 1.80. The quantitative estimate of drug-likeness (QED) is 0.818. The predicted molar refractivity (Wildman–Crippen MR) is 87.3 cm³/mol. The van der Waals surface area contributed by atoms with Crippen molar-refractivity contribution in [2.45, 2.75) is 20.4 Å². The van der Waals surface area contributed by atoms with Crippen LogP contribution in [0, 0.1) is 5.92 Å². The number of ether oxygens (including phenoxy) is 1. The molecule has 1 aromatic heterocycles. The van der Waals surface area contributed by atoms with Crippen LogP contribution in [0.25, 0.3) is 0 Å². The zero-order chi connectivity index (χ0) is 15.2. The lowest BCUT2D eigenvalue weighted by molar-refractivity contribution is 0.462. The zero-order valence-electron chi connectivity index (χ0n) is 12.1. The lowest BCUT2D eigenvalue weighted by Crippen LogP contribution is -2.18. The van der Waals surface area contributed by atoms with Gasteiger partial charge < -0.3 is 10.1 Å². The summed E-state index contributed by atoms with van der Waals surface area (Å²) in [6, 6.07) is 8.91. The maximum Gasteiger partial charge on any atom is 0.219 e. The third-order valence-corrected chi connectivity index (χ3v) is 3.32. The van der Waals surface area contributed by atoms with E-state index in [0.29, 0.717) is 27.6 Å². The van der Waals surface area contributed by atoms with Crippen molar-refractivity contribution in [3.8, 4) is 11.6 Å². The van der Waals surface area contributed by atoms with E-state index in [-0.39, 0.29) is 0 Å². The number of benzene rings is 1. The SMILES string of the molecule is CC(C)CNCc1ccc(Oc2ccc(Cl)cc2Cl)nc1. The first-order valence-corrected chi connectivity index (χ1v) is 7.58. The maximum absolute atomic E-state index is 6.06. The van der Waals surface area contributed by atoms with Crippen molar-refractivity contribution in [2.24, 2.45) is 5.92 Å². The Morgan fingerprint density at radius 2 is 2.00 bits per heavy atom. The second kappa shape index (κ2) is 7.64. The van der Waals surface area contributed by atoms with Crippen molar-refractivity contribution in [3.63, 3.8) is 0 Å². The molecule has 1 aromatic carbocycles. The van der Waals surface area contributed by atoms with Crippen LogP contribution in [0.2, 0.25) is 10.0 Å². The Morgan fingerprint density at radius 1 is 1.19 bits per heavy atom. The van der Waals surface area contributed by atoms with Gasteiger partial charge in [-0.25, -0.2) is 4.98 Å². The number of nitrogens with zero attached hydrogens (tertiary/aromatic N) is 1. The summed E-state index contributed by atoms with van der Waals surface area (Å²) < 4.78 is 5.64. The molecule has 0 radical (unpaired) electrons. The van der Waals surface area contributed by atoms with Gasteiger partial charge in [0.1, 0.15) is 5.75 Å². The topological polar surface area (TPSA) is 34.1 Å². The fraction of sp³-hybridized carbons (Fsp3) is 0.312. The van der Waals surface area contributed by atoms with Crippen LogP contribution in [0.15, 0.2) is 36.5 Å². The lowest BCUT2D eigenvalue weighted by Gasteiger charge is -2.09. The molecule has 2 aromatic rings. The van der Waals surface area contributed by atoms with Gasteiger partial charge in [-0.2, -0.15) is 0 Å². The first-order chi connectivity index (χ1) is 10.0. The third kappa shape index (κ3) is 5.20. The van der Waals surface area contributed by atoms with Crippen molar-refractivity contribution >= 4 is 23.2 Å². The van der Waals surface area contributed by atoms with E-state index in [1.165, 1.54) is 0 Å². The van der Waals surface area contributed by atoms with Crippen molar-refractivity contribution in [3.05, 3.63) is 52.1 Å². The molecule has 0 saturated carbocycles. The molecule has 5 heteroatoms. The van der Waals surface area contributed by atoms with E-state index >= 15 is 0 Å². The number of halogens is 2. The highest BCUT2D eigenvalue weighted by Gasteiger charge is 2.05. The van der Waals surface area contributed by atoms with Gasteiger partial charge in [0.2, 0.25) is 5.88 Å². The summed E-state index contributed by atoms with van der Waals surface area (Å²) in [5, 5.41) is 4.41. The number of aromatic nitrogens is 1. The van der Waals surface area contributed by atoms with Crippen molar-refractivity contribution in [1.82, 2.24) is 10.3 Å². The fourth-order valence-corrected chi connectivity index (χ4v) is 2.20. The molecule has 0 aliphatic carbocycles. The number of pyridine rings is 1. The van der Waals surface area contributed by atoms with E-state index in [0.717, 1.165) is 18.7 Å². The molecule has 0 spiro atoms. The van der Waals surface area contributed by atoms with Crippen LogP contribution in [0.4, 0.5) is 0 Å². The monoisotopic (exact) mass is 324 g/mol. The first kappa shape index (κ1) is 16.1. The average Bonchev–Trinajstić information content (AvgIpc) is 2.43. The zero-order valence-corrected chi connectivity index (χ0v) is 13.6. The van der Waals surface area contributed by atoms with Crippen molar-refractivity contribution in [1.29, 1.82) is 0 Å². The van der Waals surface area contributed by atoms with E-state index in [1.807, 2.05) is 12.1 Å². The highest BCUT2D eigenvalue weighted by Crippen LogP contribution is 2.30. The molecule has 0 amide bonds. The Balaban J connectivity index is 1.95. The minimum absolute atomic E-state index is 0.465. The molecule has 0 aliphatic heterocycles. The molecule has 3 nitrogen and oxygen atoms in total. The lowest BCUT2D eigenvalue weighted by atomic mass is 10.2. The number of nitrogens with one attached hydrogen (secondary N) is 1. The first-order valence-electron chi connectivity index (χ1n) is 6.83. The van der Waals surface area contributed by atoms with Crippen LogP contribution < -0.4 is 10.1 Å². The van der Waals surface area contributed by atoms with Crippen LogP contribution >= 0.6 is 23.2 Å². The van der Waals surface area contributed by atoms with Gasteiger partial charge in [0.25, 0.3) is 0 Å². The van der Waals surface area contributed by atoms with Crippen LogP contribution in [0.1, 0.15) is 19.4 Å². The van der Waals surface area contributed by atoms with Crippen LogP contribution in [0.3, 0.4) is 0 Å². The maximum atomic E-state index is 6.06. The number of hydrogen-bond donors (Lipinski definition) is 1. The minimum atomic E-state index is 0.465. The highest BCUT2D eigenvalue weighted by atomic mass is 35.5. The van der Waals surface area contributed by atoms with Crippen LogP contribution in [-0.2, 0) is 6.54 Å². The van der Waals surface area contributed by atoms with Gasteiger partial charge >= 0.3 is 0 Å². The molecule has 1 heterocycles. The van der Waals surface area contributed by atoms with Gasteiger partial charge in [-0.3, -0.25) is 0 Å². The smallest absolute Gasteiger partial charge is 0.219 e. The third-order valence-electron chi connectivity index (χ3n) is 2.79. The van der Waals surface area contributed by atoms with Gasteiger partial charge in [-0.15, -0.1) is 0 Å². The van der Waals surface area contributed by atoms with Crippen molar-refractivity contribution in [2.75, 3.05) is 6.54 Å². The van der Waals surface area contributed by atoms with E-state index < -0.39 is 0 Å². The summed E-state index contributed by atoms with van der Waals surface area (Å²) in [6.45, 7) is 6.14. The summed E-state index contributed by atoms with van der Waals surface area (Å²) in [5.41, 5.74) is 1.12. The van der Waals surface area contributed by atoms with Gasteiger partial charge in [0, 0.05) is 23.8 Å². The van der Waals surface area contributed by atoms with E-state index in [2.05, 4.69) is 24.1 Å². The Bertz CT molecular complexity index is 585. The molecule has 0 bridgehead atoms. The molecule has 0 saturated heterocycles. The van der Waals surface area contributed by atoms with Gasteiger partial charge in [-0.1, -0.05) is 43.1 Å². The Labute approximate surface area is 135 Å². The Kier molecular flexibility index (Phi) is 5.85. The molecule has 21 heavy (non-hydrogen) atoms. The Hall–Kier alpha value is -1.29. The minimum Gasteiger partial charge on any atom is -0.437 e. The standard InChI is InChI=1S/C16H18Cl2N2O/c1-11(2)8-19-9-12-3-6-16(20-10-12)21-15-5-4-13(17)7-14(15)18/h3-7,10-11,19H,8-9H2,1-2H3. The molecule has 0 unspecified atom stereocenters. The largest absolute Gasteiger partial charge is 0.437 e. The molecule has 1 N–H and O–H groups in total. The van der Waals surface area contributed by atoms with E-state index in [4.69, 9.17) is 27.9 Å². The van der Waals surface area contributed by atoms with E-state index in [1.54, 1.807) is 24.4 Å². The molecule has 112 valence electrons. The van der Waals surface area contributed by atoms with Gasteiger partial charge in [-0.05, 0) is 36.2 Å². The highest BCUT2D eigenvalue weighted by molar-refractivity contribution is 6.35. The molecule has 0 atom stereocenters. The number of hydrogen-bond acceptors (Lipinski definition) is 3. The summed E-state index contributed by atoms with van der Waals surface area (Å²) >= 11 is 11.9. The molecule has 0 fully saturated rings. The average molecular weight is 325 g/mol. The van der Waals surface area contributed by atoms with Crippen LogP contribution in [-0.4, -0.2) is 11.5 Å².